The smallest absolute Gasteiger partial charge is 0.307 e. The molecule has 2 aromatic rings. The summed E-state index contributed by atoms with van der Waals surface area (Å²) < 4.78 is 0. The molecule has 2 heterocycles. The molecule has 1 atom stereocenters. The fraction of sp³-hybridized carbons (Fsp3) is 0.421. The van der Waals surface area contributed by atoms with Gasteiger partial charge in [-0.1, -0.05) is 18.2 Å². The van der Waals surface area contributed by atoms with E-state index >= 15 is 0 Å². The van der Waals surface area contributed by atoms with Crippen LogP contribution in [-0.4, -0.2) is 33.6 Å². The van der Waals surface area contributed by atoms with Crippen molar-refractivity contribution in [3.8, 4) is 11.3 Å². The minimum Gasteiger partial charge on any atom is -0.481 e. The highest BCUT2D eigenvalue weighted by Crippen LogP contribution is 2.34. The van der Waals surface area contributed by atoms with Crippen molar-refractivity contribution in [2.75, 3.05) is 11.4 Å². The molecule has 2 aliphatic rings. The molecule has 0 bridgehead atoms. The zero-order chi connectivity index (χ0) is 16.7. The van der Waals surface area contributed by atoms with Crippen molar-refractivity contribution < 1.29 is 9.90 Å². The van der Waals surface area contributed by atoms with Gasteiger partial charge in [-0.3, -0.25) is 4.79 Å². The van der Waals surface area contributed by atoms with E-state index in [1.165, 1.54) is 12.0 Å². The molecule has 0 unspecified atom stereocenters. The van der Waals surface area contributed by atoms with Gasteiger partial charge in [-0.25, -0.2) is 9.97 Å². The lowest BCUT2D eigenvalue weighted by molar-refractivity contribution is -0.136. The van der Waals surface area contributed by atoms with Gasteiger partial charge >= 0.3 is 5.97 Å². The van der Waals surface area contributed by atoms with Crippen molar-refractivity contribution in [1.82, 2.24) is 9.97 Å². The lowest BCUT2D eigenvalue weighted by Gasteiger charge is -2.39. The van der Waals surface area contributed by atoms with Crippen LogP contribution in [0.2, 0.25) is 0 Å². The van der Waals surface area contributed by atoms with Crippen LogP contribution in [0.25, 0.3) is 11.3 Å². The first-order valence-corrected chi connectivity index (χ1v) is 8.59. The Labute approximate surface area is 141 Å². The fourth-order valence-corrected chi connectivity index (χ4v) is 3.60. The Hall–Kier alpha value is -2.43. The zero-order valence-corrected chi connectivity index (χ0v) is 13.8. The fourth-order valence-electron chi connectivity index (χ4n) is 3.60. The molecule has 5 heteroatoms. The predicted octanol–water partition coefficient (Wildman–Crippen LogP) is 2.86. The first-order chi connectivity index (χ1) is 11.6. The third-order valence-electron chi connectivity index (χ3n) is 5.05. The van der Waals surface area contributed by atoms with E-state index in [2.05, 4.69) is 11.8 Å². The number of aryl methyl sites for hydroxylation is 1. The van der Waals surface area contributed by atoms with Crippen LogP contribution < -0.4 is 4.90 Å². The minimum atomic E-state index is -0.810. The summed E-state index contributed by atoms with van der Waals surface area (Å²) in [5.74, 6) is 0.0168. The summed E-state index contributed by atoms with van der Waals surface area (Å²) in [5, 5.41) is 9.04. The number of hydrogen-bond acceptors (Lipinski definition) is 4. The normalized spacial score (nSPS) is 19.0. The van der Waals surface area contributed by atoms with Crippen LogP contribution in [0.15, 0.2) is 24.3 Å². The van der Waals surface area contributed by atoms with Crippen LogP contribution in [0, 0.1) is 0 Å². The Kier molecular flexibility index (Phi) is 3.71. The number of benzene rings is 1. The number of fused-ring (bicyclic) bond motifs is 1. The van der Waals surface area contributed by atoms with E-state index < -0.39 is 5.97 Å². The lowest BCUT2D eigenvalue weighted by atomic mass is 10.0. The third kappa shape index (κ3) is 2.64. The first kappa shape index (κ1) is 15.1. The van der Waals surface area contributed by atoms with Crippen LogP contribution in [0.3, 0.4) is 0 Å². The van der Waals surface area contributed by atoms with E-state index in [4.69, 9.17) is 15.1 Å². The molecule has 0 radical (unpaired) electrons. The van der Waals surface area contributed by atoms with E-state index in [0.29, 0.717) is 6.04 Å². The Bertz CT molecular complexity index is 803. The number of aromatic nitrogens is 2. The van der Waals surface area contributed by atoms with Crippen molar-refractivity contribution in [3.63, 3.8) is 0 Å². The van der Waals surface area contributed by atoms with Gasteiger partial charge in [0, 0.05) is 29.4 Å². The zero-order valence-electron chi connectivity index (χ0n) is 13.8. The van der Waals surface area contributed by atoms with Gasteiger partial charge in [0.1, 0.15) is 0 Å². The molecule has 5 nitrogen and oxygen atoms in total. The Morgan fingerprint density at radius 3 is 2.92 bits per heavy atom. The number of rotatable bonds is 4. The molecule has 1 aliphatic heterocycles. The molecule has 0 spiro atoms. The molecule has 1 aliphatic carbocycles. The maximum absolute atomic E-state index is 11.0. The molecule has 1 aromatic heterocycles. The van der Waals surface area contributed by atoms with Gasteiger partial charge in [0.15, 0.2) is 0 Å². The van der Waals surface area contributed by atoms with Crippen LogP contribution in [-0.2, 0) is 24.1 Å². The summed E-state index contributed by atoms with van der Waals surface area (Å²) in [5.41, 5.74) is 5.20. The van der Waals surface area contributed by atoms with Gasteiger partial charge < -0.3 is 10.0 Å². The molecule has 1 fully saturated rings. The quantitative estimate of drug-likeness (QED) is 0.937. The average molecular weight is 323 g/mol. The van der Waals surface area contributed by atoms with Crippen LogP contribution >= 0.6 is 0 Å². The molecule has 0 amide bonds. The minimum absolute atomic E-state index is 0.0388. The summed E-state index contributed by atoms with van der Waals surface area (Å²) >= 11 is 0. The van der Waals surface area contributed by atoms with E-state index in [1.807, 2.05) is 24.3 Å². The highest BCUT2D eigenvalue weighted by Gasteiger charge is 2.29. The second-order valence-corrected chi connectivity index (χ2v) is 6.75. The van der Waals surface area contributed by atoms with E-state index in [0.717, 1.165) is 54.3 Å². The number of aliphatic carboxylic acids is 1. The molecule has 1 N–H and O–H groups in total. The van der Waals surface area contributed by atoms with Crippen LogP contribution in [0.1, 0.15) is 36.6 Å². The van der Waals surface area contributed by atoms with Crippen molar-refractivity contribution in [1.29, 1.82) is 0 Å². The summed E-state index contributed by atoms with van der Waals surface area (Å²) in [6, 6.07) is 8.25. The molecule has 4 rings (SSSR count). The number of nitrogens with zero attached hydrogens (tertiary/aromatic N) is 3. The summed E-state index contributed by atoms with van der Waals surface area (Å²) in [7, 11) is 0. The third-order valence-corrected chi connectivity index (χ3v) is 5.05. The Morgan fingerprint density at radius 1 is 1.33 bits per heavy atom. The molecule has 0 saturated carbocycles. The van der Waals surface area contributed by atoms with Crippen molar-refractivity contribution in [2.45, 2.75) is 45.1 Å². The van der Waals surface area contributed by atoms with E-state index in [1.54, 1.807) is 0 Å². The highest BCUT2D eigenvalue weighted by atomic mass is 16.4. The molecule has 24 heavy (non-hydrogen) atoms. The topological polar surface area (TPSA) is 66.3 Å². The van der Waals surface area contributed by atoms with E-state index in [9.17, 15) is 4.79 Å². The monoisotopic (exact) mass is 323 g/mol. The molecule has 1 saturated heterocycles. The summed E-state index contributed by atoms with van der Waals surface area (Å²) in [6.07, 6.45) is 4.35. The van der Waals surface area contributed by atoms with Gasteiger partial charge in [-0.2, -0.15) is 0 Å². The predicted molar refractivity (Wildman–Crippen MR) is 92.3 cm³/mol. The van der Waals surface area contributed by atoms with Gasteiger partial charge in [0.05, 0.1) is 12.1 Å². The lowest BCUT2D eigenvalue weighted by Crippen LogP contribution is -2.46. The maximum Gasteiger partial charge on any atom is 0.307 e. The van der Waals surface area contributed by atoms with Gasteiger partial charge in [-0.05, 0) is 44.2 Å². The molecule has 124 valence electrons. The van der Waals surface area contributed by atoms with Gasteiger partial charge in [0.2, 0.25) is 5.95 Å². The van der Waals surface area contributed by atoms with Gasteiger partial charge in [-0.15, -0.1) is 0 Å². The summed E-state index contributed by atoms with van der Waals surface area (Å²) in [6.45, 7) is 3.21. The summed E-state index contributed by atoms with van der Waals surface area (Å²) in [4.78, 5) is 22.9. The largest absolute Gasteiger partial charge is 0.481 e. The van der Waals surface area contributed by atoms with Crippen molar-refractivity contribution in [3.05, 3.63) is 41.1 Å². The number of hydrogen-bond donors (Lipinski definition) is 1. The maximum atomic E-state index is 11.0. The number of carbonyl (C=O) groups is 1. The Morgan fingerprint density at radius 2 is 2.21 bits per heavy atom. The number of carboxylic acids is 1. The van der Waals surface area contributed by atoms with E-state index in [-0.39, 0.29) is 6.42 Å². The van der Waals surface area contributed by atoms with Crippen molar-refractivity contribution >= 4 is 11.9 Å². The standard InChI is InChI=1S/C19H21N3O2/c1-12-8-9-22(12)19-20-16-7-3-6-15(16)18(21-19)14-5-2-4-13(10-14)11-17(23)24/h2,4-5,10,12H,3,6-9,11H2,1H3,(H,23,24)/t12-/m0/s1. The molecular formula is C19H21N3O2. The molecular weight excluding hydrogens is 302 g/mol. The first-order valence-electron chi connectivity index (χ1n) is 8.59. The second kappa shape index (κ2) is 5.89. The molecule has 1 aromatic carbocycles. The SMILES string of the molecule is C[C@H]1CCN1c1nc2c(c(-c3cccc(CC(=O)O)c3)n1)CCC2. The number of anilines is 1. The van der Waals surface area contributed by atoms with Crippen LogP contribution in [0.4, 0.5) is 5.95 Å². The highest BCUT2D eigenvalue weighted by molar-refractivity contribution is 5.72. The van der Waals surface area contributed by atoms with Crippen molar-refractivity contribution in [2.24, 2.45) is 0 Å². The van der Waals surface area contributed by atoms with Crippen LogP contribution in [0.5, 0.6) is 0 Å². The number of carboxylic acid groups (broad SMARTS) is 1. The average Bonchev–Trinajstić information content (AvgIpc) is 3.00. The Balaban J connectivity index is 1.78. The van der Waals surface area contributed by atoms with Gasteiger partial charge in [0.25, 0.3) is 0 Å². The second-order valence-electron chi connectivity index (χ2n) is 6.75.